The monoisotopic (exact) mass is 226 g/mol. The molecule has 1 rings (SSSR count). The fourth-order valence-corrected chi connectivity index (χ4v) is 1.21. The summed E-state index contributed by atoms with van der Waals surface area (Å²) in [6.45, 7) is 0.397. The van der Waals surface area contributed by atoms with E-state index in [1.807, 2.05) is 0 Å². The Balaban J connectivity index is 2.37. The molecule has 1 aromatic rings. The van der Waals surface area contributed by atoms with Gasteiger partial charge in [-0.3, -0.25) is 4.79 Å². The van der Waals surface area contributed by atoms with Crippen LogP contribution in [0.25, 0.3) is 0 Å². The van der Waals surface area contributed by atoms with Crippen molar-refractivity contribution in [3.8, 4) is 0 Å². The van der Waals surface area contributed by atoms with Crippen LogP contribution in [-0.4, -0.2) is 31.2 Å². The number of nitrogens with one attached hydrogen (secondary N) is 2. The van der Waals surface area contributed by atoms with E-state index in [-0.39, 0.29) is 24.8 Å². The summed E-state index contributed by atoms with van der Waals surface area (Å²) in [4.78, 5) is 10.9. The van der Waals surface area contributed by atoms with Crippen molar-refractivity contribution in [1.29, 1.82) is 0 Å². The summed E-state index contributed by atoms with van der Waals surface area (Å²) < 4.78 is 12.6. The number of amides is 1. The van der Waals surface area contributed by atoms with Crippen LogP contribution in [0, 0.1) is 5.82 Å². The molecule has 0 aliphatic rings. The Morgan fingerprint density at radius 1 is 1.44 bits per heavy atom. The summed E-state index contributed by atoms with van der Waals surface area (Å²) in [5.41, 5.74) is 0.616. The largest absolute Gasteiger partial charge is 0.387 e. The molecule has 0 heterocycles. The number of carbonyl (C=O) groups is 1. The number of rotatable bonds is 5. The fraction of sp³-hybridized carbons (Fsp3) is 0.364. The second-order valence-electron chi connectivity index (χ2n) is 3.37. The van der Waals surface area contributed by atoms with Crippen LogP contribution < -0.4 is 10.6 Å². The van der Waals surface area contributed by atoms with E-state index in [4.69, 9.17) is 0 Å². The van der Waals surface area contributed by atoms with Crippen LogP contribution in [-0.2, 0) is 4.79 Å². The summed E-state index contributed by atoms with van der Waals surface area (Å²) in [7, 11) is 1.54. The van der Waals surface area contributed by atoms with Gasteiger partial charge in [0.2, 0.25) is 5.91 Å². The second-order valence-corrected chi connectivity index (χ2v) is 3.37. The van der Waals surface area contributed by atoms with Crippen LogP contribution in [0.2, 0.25) is 0 Å². The SMILES string of the molecule is CNC(=O)CNCC(O)c1ccc(F)cc1. The summed E-state index contributed by atoms with van der Waals surface area (Å²) >= 11 is 0. The minimum Gasteiger partial charge on any atom is -0.387 e. The van der Waals surface area contributed by atoms with Gasteiger partial charge >= 0.3 is 0 Å². The first-order valence-electron chi connectivity index (χ1n) is 4.98. The molecule has 0 spiro atoms. The van der Waals surface area contributed by atoms with E-state index in [0.717, 1.165) is 0 Å². The van der Waals surface area contributed by atoms with Crippen molar-refractivity contribution < 1.29 is 14.3 Å². The highest BCUT2D eigenvalue weighted by molar-refractivity contribution is 5.77. The highest BCUT2D eigenvalue weighted by Crippen LogP contribution is 2.11. The van der Waals surface area contributed by atoms with E-state index in [2.05, 4.69) is 10.6 Å². The summed E-state index contributed by atoms with van der Waals surface area (Å²) in [5.74, 6) is -0.486. The number of aliphatic hydroxyl groups is 1. The second kappa shape index (κ2) is 6.19. The summed E-state index contributed by atoms with van der Waals surface area (Å²) in [6.07, 6.45) is -0.745. The average Bonchev–Trinajstić information content (AvgIpc) is 2.29. The predicted octanol–water partition coefficient (Wildman–Crippen LogP) is 0.195. The van der Waals surface area contributed by atoms with Gasteiger partial charge < -0.3 is 15.7 Å². The Bertz CT molecular complexity index is 340. The lowest BCUT2D eigenvalue weighted by molar-refractivity contribution is -0.119. The molecule has 1 atom stereocenters. The molecule has 0 saturated heterocycles. The summed E-state index contributed by atoms with van der Waals surface area (Å²) in [6, 6.07) is 5.61. The molecule has 0 aromatic heterocycles. The molecule has 5 heteroatoms. The van der Waals surface area contributed by atoms with Crippen molar-refractivity contribution in [2.24, 2.45) is 0 Å². The molecule has 3 N–H and O–H groups in total. The van der Waals surface area contributed by atoms with Gasteiger partial charge in [-0.15, -0.1) is 0 Å². The molecular formula is C11H15FN2O2. The molecule has 0 saturated carbocycles. The zero-order valence-corrected chi connectivity index (χ0v) is 9.03. The van der Waals surface area contributed by atoms with Crippen LogP contribution in [0.1, 0.15) is 11.7 Å². The zero-order valence-electron chi connectivity index (χ0n) is 9.03. The first-order chi connectivity index (χ1) is 7.63. The Hall–Kier alpha value is -1.46. The first kappa shape index (κ1) is 12.6. The Morgan fingerprint density at radius 3 is 2.62 bits per heavy atom. The minimum absolute atomic E-state index is 0.147. The molecular weight excluding hydrogens is 211 g/mol. The van der Waals surface area contributed by atoms with Crippen LogP contribution in [0.15, 0.2) is 24.3 Å². The van der Waals surface area contributed by atoms with E-state index in [9.17, 15) is 14.3 Å². The highest BCUT2D eigenvalue weighted by Gasteiger charge is 2.07. The van der Waals surface area contributed by atoms with Crippen molar-refractivity contribution in [3.63, 3.8) is 0 Å². The van der Waals surface area contributed by atoms with Gasteiger partial charge in [-0.1, -0.05) is 12.1 Å². The number of hydrogen-bond donors (Lipinski definition) is 3. The van der Waals surface area contributed by atoms with E-state index < -0.39 is 6.10 Å². The number of carbonyl (C=O) groups excluding carboxylic acids is 1. The van der Waals surface area contributed by atoms with Crippen molar-refractivity contribution in [2.45, 2.75) is 6.10 Å². The highest BCUT2D eigenvalue weighted by atomic mass is 19.1. The van der Waals surface area contributed by atoms with Gasteiger partial charge in [0.1, 0.15) is 5.82 Å². The van der Waals surface area contributed by atoms with Crippen LogP contribution in [0.3, 0.4) is 0 Å². The van der Waals surface area contributed by atoms with Crippen LogP contribution in [0.5, 0.6) is 0 Å². The molecule has 4 nitrogen and oxygen atoms in total. The van der Waals surface area contributed by atoms with E-state index in [1.165, 1.54) is 24.3 Å². The molecule has 1 amide bonds. The average molecular weight is 226 g/mol. The third-order valence-electron chi connectivity index (χ3n) is 2.16. The van der Waals surface area contributed by atoms with Crippen molar-refractivity contribution in [3.05, 3.63) is 35.6 Å². The standard InChI is InChI=1S/C11H15FN2O2/c1-13-11(16)7-14-6-10(15)8-2-4-9(12)5-3-8/h2-5,10,14-15H,6-7H2,1H3,(H,13,16). The topological polar surface area (TPSA) is 61.4 Å². The third-order valence-corrected chi connectivity index (χ3v) is 2.16. The molecule has 1 unspecified atom stereocenters. The smallest absolute Gasteiger partial charge is 0.233 e. The summed E-state index contributed by atoms with van der Waals surface area (Å²) in [5, 5.41) is 14.9. The van der Waals surface area contributed by atoms with Gasteiger partial charge in [0, 0.05) is 13.6 Å². The molecule has 1 aromatic carbocycles. The Labute approximate surface area is 93.5 Å². The lowest BCUT2D eigenvalue weighted by Gasteiger charge is -2.11. The zero-order chi connectivity index (χ0) is 12.0. The number of benzene rings is 1. The van der Waals surface area contributed by atoms with Gasteiger partial charge in [0.05, 0.1) is 12.6 Å². The van der Waals surface area contributed by atoms with Gasteiger partial charge in [-0.25, -0.2) is 4.39 Å². The molecule has 0 fully saturated rings. The maximum atomic E-state index is 12.6. The lowest BCUT2D eigenvalue weighted by atomic mass is 10.1. The normalized spacial score (nSPS) is 12.2. The van der Waals surface area contributed by atoms with Gasteiger partial charge in [-0.2, -0.15) is 0 Å². The number of hydrogen-bond acceptors (Lipinski definition) is 3. The van der Waals surface area contributed by atoms with Gasteiger partial charge in [0.25, 0.3) is 0 Å². The fourth-order valence-electron chi connectivity index (χ4n) is 1.21. The third kappa shape index (κ3) is 3.96. The maximum Gasteiger partial charge on any atom is 0.233 e. The van der Waals surface area contributed by atoms with Crippen LogP contribution in [0.4, 0.5) is 4.39 Å². The molecule has 88 valence electrons. The van der Waals surface area contributed by atoms with Crippen molar-refractivity contribution in [2.75, 3.05) is 20.1 Å². The Kier molecular flexibility index (Phi) is 4.88. The van der Waals surface area contributed by atoms with E-state index in [1.54, 1.807) is 7.05 Å². The van der Waals surface area contributed by atoms with E-state index in [0.29, 0.717) is 5.56 Å². The predicted molar refractivity (Wildman–Crippen MR) is 58.3 cm³/mol. The number of likely N-dealkylation sites (N-methyl/N-ethyl adjacent to an activating group) is 1. The van der Waals surface area contributed by atoms with E-state index >= 15 is 0 Å². The minimum atomic E-state index is -0.745. The quantitative estimate of drug-likeness (QED) is 0.672. The van der Waals surface area contributed by atoms with Gasteiger partial charge in [-0.05, 0) is 17.7 Å². The maximum absolute atomic E-state index is 12.6. The molecule has 0 aliphatic heterocycles. The molecule has 0 aliphatic carbocycles. The molecule has 0 radical (unpaired) electrons. The number of halogens is 1. The van der Waals surface area contributed by atoms with Crippen LogP contribution >= 0.6 is 0 Å². The lowest BCUT2D eigenvalue weighted by Crippen LogP contribution is -2.33. The number of aliphatic hydroxyl groups excluding tert-OH is 1. The van der Waals surface area contributed by atoms with Crippen molar-refractivity contribution in [1.82, 2.24) is 10.6 Å². The van der Waals surface area contributed by atoms with Gasteiger partial charge in [0.15, 0.2) is 0 Å². The van der Waals surface area contributed by atoms with Crippen molar-refractivity contribution >= 4 is 5.91 Å². The Morgan fingerprint density at radius 2 is 2.06 bits per heavy atom. The first-order valence-corrected chi connectivity index (χ1v) is 4.98. The molecule has 16 heavy (non-hydrogen) atoms. The molecule has 0 bridgehead atoms.